The molecule has 0 bridgehead atoms. The second kappa shape index (κ2) is 3.47. The van der Waals surface area contributed by atoms with E-state index in [2.05, 4.69) is 11.7 Å². The first-order valence-electron chi connectivity index (χ1n) is 5.46. The monoisotopic (exact) mass is 219 g/mol. The van der Waals surface area contributed by atoms with Crippen LogP contribution in [0.4, 0.5) is 0 Å². The van der Waals surface area contributed by atoms with E-state index in [9.17, 15) is 4.79 Å². The highest BCUT2D eigenvalue weighted by atomic mass is 16.2. The van der Waals surface area contributed by atoms with Gasteiger partial charge in [-0.3, -0.25) is 9.48 Å². The number of carbonyl (C=O) groups is 1. The molecule has 0 aromatic carbocycles. The fourth-order valence-electron chi connectivity index (χ4n) is 2.32. The minimum atomic E-state index is -0.315. The fraction of sp³-hybridized carbons (Fsp3) is 0.500. The van der Waals surface area contributed by atoms with Crippen LogP contribution in [0.1, 0.15) is 25.2 Å². The van der Waals surface area contributed by atoms with E-state index in [1.54, 1.807) is 0 Å². The second-order valence-electron chi connectivity index (χ2n) is 4.65. The lowest BCUT2D eigenvalue weighted by molar-refractivity contribution is -0.133. The summed E-state index contributed by atoms with van der Waals surface area (Å²) in [6, 6.07) is 2.04. The van der Waals surface area contributed by atoms with Crippen molar-refractivity contribution >= 4 is 5.91 Å². The largest absolute Gasteiger partial charge is 0.327 e. The molecule has 1 aliphatic rings. The van der Waals surface area contributed by atoms with E-state index in [4.69, 9.17) is 0 Å². The zero-order valence-corrected chi connectivity index (χ0v) is 10.0. The molecule has 2 rings (SSSR count). The van der Waals surface area contributed by atoms with E-state index in [1.165, 1.54) is 6.08 Å². The lowest BCUT2D eigenvalue weighted by Gasteiger charge is -2.42. The van der Waals surface area contributed by atoms with Gasteiger partial charge in [-0.15, -0.1) is 0 Å². The van der Waals surface area contributed by atoms with Crippen molar-refractivity contribution in [3.05, 3.63) is 30.1 Å². The summed E-state index contributed by atoms with van der Waals surface area (Å²) in [4.78, 5) is 13.6. The average molecular weight is 219 g/mol. The third-order valence-corrected chi connectivity index (χ3v) is 3.18. The van der Waals surface area contributed by atoms with Crippen molar-refractivity contribution in [2.45, 2.75) is 32.9 Å². The molecule has 0 aliphatic carbocycles. The Hall–Kier alpha value is -1.58. The maximum atomic E-state index is 11.8. The highest BCUT2D eigenvalue weighted by Gasteiger charge is 2.37. The predicted octanol–water partition coefficient (Wildman–Crippen LogP) is 1.45. The van der Waals surface area contributed by atoms with Crippen molar-refractivity contribution in [2.75, 3.05) is 6.54 Å². The number of hydrogen-bond acceptors (Lipinski definition) is 2. The van der Waals surface area contributed by atoms with Gasteiger partial charge in [0, 0.05) is 6.54 Å². The van der Waals surface area contributed by atoms with Crippen LogP contribution in [0.5, 0.6) is 0 Å². The molecule has 1 aromatic heterocycles. The molecule has 1 aliphatic heterocycles. The van der Waals surface area contributed by atoms with Crippen LogP contribution in [0.2, 0.25) is 0 Å². The smallest absolute Gasteiger partial charge is 0.246 e. The highest BCUT2D eigenvalue weighted by Crippen LogP contribution is 2.31. The zero-order chi connectivity index (χ0) is 11.9. The van der Waals surface area contributed by atoms with Crippen molar-refractivity contribution in [1.29, 1.82) is 0 Å². The Labute approximate surface area is 95.5 Å². The van der Waals surface area contributed by atoms with Crippen LogP contribution in [0.15, 0.2) is 18.7 Å². The molecule has 0 unspecified atom stereocenters. The second-order valence-corrected chi connectivity index (χ2v) is 4.65. The zero-order valence-electron chi connectivity index (χ0n) is 10.0. The molecule has 0 spiro atoms. The summed E-state index contributed by atoms with van der Waals surface area (Å²) in [7, 11) is 0. The van der Waals surface area contributed by atoms with Gasteiger partial charge >= 0.3 is 0 Å². The SMILES string of the molecule is C=CC(=O)N1CCn2nc(C)cc2C1(C)C. The molecular weight excluding hydrogens is 202 g/mol. The molecule has 0 fully saturated rings. The summed E-state index contributed by atoms with van der Waals surface area (Å²) >= 11 is 0. The van der Waals surface area contributed by atoms with Crippen molar-refractivity contribution in [1.82, 2.24) is 14.7 Å². The Morgan fingerprint density at radius 3 is 2.88 bits per heavy atom. The quantitative estimate of drug-likeness (QED) is 0.671. The van der Waals surface area contributed by atoms with E-state index in [0.29, 0.717) is 6.54 Å². The van der Waals surface area contributed by atoms with E-state index >= 15 is 0 Å². The maximum absolute atomic E-state index is 11.8. The number of carbonyl (C=O) groups excluding carboxylic acids is 1. The first-order valence-corrected chi connectivity index (χ1v) is 5.46. The molecule has 0 saturated heterocycles. The van der Waals surface area contributed by atoms with Gasteiger partial charge in [0.2, 0.25) is 5.91 Å². The van der Waals surface area contributed by atoms with Crippen LogP contribution in [0.3, 0.4) is 0 Å². The number of hydrogen-bond donors (Lipinski definition) is 0. The third kappa shape index (κ3) is 1.45. The Kier molecular flexibility index (Phi) is 2.37. The molecule has 16 heavy (non-hydrogen) atoms. The summed E-state index contributed by atoms with van der Waals surface area (Å²) in [6.07, 6.45) is 1.38. The topological polar surface area (TPSA) is 38.1 Å². The number of aryl methyl sites for hydroxylation is 1. The van der Waals surface area contributed by atoms with Gasteiger partial charge in [-0.2, -0.15) is 5.10 Å². The van der Waals surface area contributed by atoms with E-state index in [-0.39, 0.29) is 11.4 Å². The van der Waals surface area contributed by atoms with Crippen molar-refractivity contribution in [3.8, 4) is 0 Å². The summed E-state index contributed by atoms with van der Waals surface area (Å²) in [6.45, 7) is 11.0. The van der Waals surface area contributed by atoms with Gasteiger partial charge in [-0.1, -0.05) is 6.58 Å². The Morgan fingerprint density at radius 2 is 2.25 bits per heavy atom. The molecule has 0 atom stereocenters. The van der Waals surface area contributed by atoms with Crippen LogP contribution in [-0.2, 0) is 16.9 Å². The van der Waals surface area contributed by atoms with Gasteiger partial charge < -0.3 is 4.90 Å². The van der Waals surface area contributed by atoms with E-state index < -0.39 is 0 Å². The van der Waals surface area contributed by atoms with Gasteiger partial charge in [0.25, 0.3) is 0 Å². The molecule has 0 N–H and O–H groups in total. The maximum Gasteiger partial charge on any atom is 0.246 e. The number of aromatic nitrogens is 2. The Morgan fingerprint density at radius 1 is 1.56 bits per heavy atom. The van der Waals surface area contributed by atoms with E-state index in [0.717, 1.165) is 17.9 Å². The van der Waals surface area contributed by atoms with Gasteiger partial charge in [0.05, 0.1) is 23.5 Å². The predicted molar refractivity (Wildman–Crippen MR) is 61.9 cm³/mol. The first kappa shape index (κ1) is 10.9. The first-order chi connectivity index (χ1) is 7.46. The Balaban J connectivity index is 2.45. The lowest BCUT2D eigenvalue weighted by atomic mass is 9.95. The Bertz CT molecular complexity index is 445. The van der Waals surface area contributed by atoms with Crippen molar-refractivity contribution in [3.63, 3.8) is 0 Å². The molecule has 0 saturated carbocycles. The van der Waals surface area contributed by atoms with Gasteiger partial charge in [0.1, 0.15) is 0 Å². The molecule has 2 heterocycles. The summed E-state index contributed by atoms with van der Waals surface area (Å²) in [5.41, 5.74) is 1.77. The molecule has 1 amide bonds. The highest BCUT2D eigenvalue weighted by molar-refractivity contribution is 5.87. The van der Waals surface area contributed by atoms with Crippen LogP contribution in [-0.4, -0.2) is 27.1 Å². The van der Waals surface area contributed by atoms with Gasteiger partial charge in [-0.05, 0) is 32.9 Å². The summed E-state index contributed by atoms with van der Waals surface area (Å²) in [5, 5.41) is 4.42. The minimum Gasteiger partial charge on any atom is -0.327 e. The normalized spacial score (nSPS) is 18.1. The fourth-order valence-corrected chi connectivity index (χ4v) is 2.32. The summed E-state index contributed by atoms with van der Waals surface area (Å²) < 4.78 is 1.99. The minimum absolute atomic E-state index is 0.0184. The number of amides is 1. The molecule has 4 heteroatoms. The van der Waals surface area contributed by atoms with Crippen LogP contribution >= 0.6 is 0 Å². The molecule has 86 valence electrons. The average Bonchev–Trinajstić information content (AvgIpc) is 2.59. The van der Waals surface area contributed by atoms with Gasteiger partial charge in [-0.25, -0.2) is 0 Å². The van der Waals surface area contributed by atoms with Crippen LogP contribution in [0, 0.1) is 6.92 Å². The molecule has 4 nitrogen and oxygen atoms in total. The van der Waals surface area contributed by atoms with E-state index in [1.807, 2.05) is 36.4 Å². The third-order valence-electron chi connectivity index (χ3n) is 3.18. The molecule has 0 radical (unpaired) electrons. The van der Waals surface area contributed by atoms with Crippen molar-refractivity contribution in [2.24, 2.45) is 0 Å². The van der Waals surface area contributed by atoms with Crippen LogP contribution < -0.4 is 0 Å². The number of nitrogens with zero attached hydrogens (tertiary/aromatic N) is 3. The standard InChI is InChI=1S/C12H17N3O/c1-5-11(16)14-6-7-15-10(12(14,3)4)8-9(2)13-15/h5,8H,1,6-7H2,2-4H3. The number of fused-ring (bicyclic) bond motifs is 1. The molecule has 1 aromatic rings. The van der Waals surface area contributed by atoms with Crippen molar-refractivity contribution < 1.29 is 4.79 Å². The summed E-state index contributed by atoms with van der Waals surface area (Å²) in [5.74, 6) is -0.0184. The lowest BCUT2D eigenvalue weighted by Crippen LogP contribution is -2.51. The number of rotatable bonds is 1. The van der Waals surface area contributed by atoms with Crippen LogP contribution in [0.25, 0.3) is 0 Å². The van der Waals surface area contributed by atoms with Gasteiger partial charge in [0.15, 0.2) is 0 Å². The molecular formula is C12H17N3O.